The van der Waals surface area contributed by atoms with Crippen LogP contribution in [0.5, 0.6) is 0 Å². The van der Waals surface area contributed by atoms with Crippen LogP contribution < -0.4 is 0 Å². The number of hydrogen-bond acceptors (Lipinski definition) is 1. The number of hydrogen-bond donors (Lipinski definition) is 1. The van der Waals surface area contributed by atoms with Crippen LogP contribution in [0.3, 0.4) is 0 Å². The maximum absolute atomic E-state index is 12.7. The van der Waals surface area contributed by atoms with Crippen LogP contribution in [0.15, 0.2) is 41.0 Å². The van der Waals surface area contributed by atoms with E-state index in [1.54, 1.807) is 36.5 Å². The Balaban J connectivity index is 2.21. The molecule has 0 spiro atoms. The number of ketones is 1. The van der Waals surface area contributed by atoms with Gasteiger partial charge in [-0.3, -0.25) is 4.79 Å². The molecule has 3 rings (SSSR count). The second-order valence-corrected chi connectivity index (χ2v) is 6.52. The fourth-order valence-corrected chi connectivity index (χ4v) is 3.36. The van der Waals surface area contributed by atoms with E-state index in [9.17, 15) is 4.79 Å². The molecule has 0 aliphatic carbocycles. The molecular weight excluding hydrogens is 396 g/mol. The first kappa shape index (κ1) is 14.9. The van der Waals surface area contributed by atoms with Gasteiger partial charge in [-0.25, -0.2) is 0 Å². The summed E-state index contributed by atoms with van der Waals surface area (Å²) in [7, 11) is 0. The number of H-pyrrole nitrogens is 1. The first-order valence-electron chi connectivity index (χ1n) is 5.94. The third-order valence-electron chi connectivity index (χ3n) is 3.14. The molecule has 3 aromatic rings. The summed E-state index contributed by atoms with van der Waals surface area (Å²) in [6.07, 6.45) is 1.62. The molecule has 0 radical (unpaired) electrons. The molecule has 0 fully saturated rings. The molecule has 0 amide bonds. The molecule has 21 heavy (non-hydrogen) atoms. The molecular formula is C15H7BrCl3NO. The molecule has 0 aliphatic heterocycles. The minimum atomic E-state index is -0.197. The number of carbonyl (C=O) groups excluding carboxylic acids is 1. The number of carbonyl (C=O) groups is 1. The second-order valence-electron chi connectivity index (χ2n) is 4.44. The van der Waals surface area contributed by atoms with E-state index in [-0.39, 0.29) is 5.78 Å². The summed E-state index contributed by atoms with van der Waals surface area (Å²) in [4.78, 5) is 15.7. The molecule has 0 unspecified atom stereocenters. The van der Waals surface area contributed by atoms with E-state index in [2.05, 4.69) is 20.9 Å². The predicted octanol–water partition coefficient (Wildman–Crippen LogP) is 6.12. The van der Waals surface area contributed by atoms with Gasteiger partial charge in [0, 0.05) is 37.7 Å². The highest BCUT2D eigenvalue weighted by molar-refractivity contribution is 9.10. The summed E-state index contributed by atoms with van der Waals surface area (Å²) >= 11 is 21.7. The van der Waals surface area contributed by atoms with E-state index in [0.717, 1.165) is 0 Å². The van der Waals surface area contributed by atoms with Crippen LogP contribution >= 0.6 is 50.7 Å². The van der Waals surface area contributed by atoms with Crippen LogP contribution in [-0.4, -0.2) is 10.8 Å². The molecule has 0 aliphatic rings. The normalized spacial score (nSPS) is 11.0. The lowest BCUT2D eigenvalue weighted by molar-refractivity contribution is 0.104. The topological polar surface area (TPSA) is 32.9 Å². The zero-order chi connectivity index (χ0) is 15.1. The van der Waals surface area contributed by atoms with E-state index >= 15 is 0 Å². The molecule has 1 N–H and O–H groups in total. The van der Waals surface area contributed by atoms with Gasteiger partial charge in [0.2, 0.25) is 0 Å². The summed E-state index contributed by atoms with van der Waals surface area (Å²) in [6, 6.07) is 8.55. The molecule has 1 heterocycles. The zero-order valence-electron chi connectivity index (χ0n) is 10.4. The van der Waals surface area contributed by atoms with Crippen molar-refractivity contribution in [2.45, 2.75) is 0 Å². The van der Waals surface area contributed by atoms with Crippen molar-refractivity contribution < 1.29 is 4.79 Å². The highest BCUT2D eigenvalue weighted by atomic mass is 79.9. The minimum Gasteiger partial charge on any atom is -0.360 e. The summed E-state index contributed by atoms with van der Waals surface area (Å²) in [6.45, 7) is 0. The second kappa shape index (κ2) is 5.65. The maximum Gasteiger partial charge on any atom is 0.196 e. The van der Waals surface area contributed by atoms with E-state index in [0.29, 0.717) is 41.6 Å². The molecule has 0 atom stereocenters. The molecule has 2 nitrogen and oxygen atoms in total. The number of benzene rings is 2. The first-order valence-corrected chi connectivity index (χ1v) is 7.86. The van der Waals surface area contributed by atoms with E-state index in [1.165, 1.54) is 0 Å². The van der Waals surface area contributed by atoms with Crippen molar-refractivity contribution in [2.24, 2.45) is 0 Å². The standard InChI is InChI=1S/C15H7BrCl3NO/c16-10-3-1-2-8(14(10)19)15(21)9-6-20-12-5-7(17)4-11(18)13(9)12/h1-6,20H. The number of rotatable bonds is 2. The highest BCUT2D eigenvalue weighted by Gasteiger charge is 2.19. The average Bonchev–Trinajstić information content (AvgIpc) is 2.85. The minimum absolute atomic E-state index is 0.197. The monoisotopic (exact) mass is 401 g/mol. The number of nitrogens with one attached hydrogen (secondary N) is 1. The summed E-state index contributed by atoms with van der Waals surface area (Å²) in [5.41, 5.74) is 1.59. The van der Waals surface area contributed by atoms with Crippen LogP contribution in [0.4, 0.5) is 0 Å². The summed E-state index contributed by atoms with van der Waals surface area (Å²) < 4.78 is 0.670. The summed E-state index contributed by atoms with van der Waals surface area (Å²) in [5, 5.41) is 1.95. The number of aromatic nitrogens is 1. The molecule has 0 saturated heterocycles. The average molecular weight is 403 g/mol. The van der Waals surface area contributed by atoms with Gasteiger partial charge in [0.1, 0.15) is 0 Å². The van der Waals surface area contributed by atoms with Gasteiger partial charge in [-0.05, 0) is 40.2 Å². The maximum atomic E-state index is 12.7. The lowest BCUT2D eigenvalue weighted by Crippen LogP contribution is -2.01. The van der Waals surface area contributed by atoms with Crippen molar-refractivity contribution in [3.63, 3.8) is 0 Å². The fraction of sp³-hybridized carbons (Fsp3) is 0. The number of fused-ring (bicyclic) bond motifs is 1. The quantitative estimate of drug-likeness (QED) is 0.514. The van der Waals surface area contributed by atoms with Crippen molar-refractivity contribution in [1.82, 2.24) is 4.98 Å². The molecule has 106 valence electrons. The smallest absolute Gasteiger partial charge is 0.196 e. The molecule has 0 saturated carbocycles. The van der Waals surface area contributed by atoms with Crippen molar-refractivity contribution in [1.29, 1.82) is 0 Å². The van der Waals surface area contributed by atoms with Gasteiger partial charge in [0.05, 0.1) is 10.0 Å². The van der Waals surface area contributed by atoms with Crippen LogP contribution in [-0.2, 0) is 0 Å². The fourth-order valence-electron chi connectivity index (χ4n) is 2.19. The van der Waals surface area contributed by atoms with Crippen molar-refractivity contribution in [3.05, 3.63) is 67.2 Å². The van der Waals surface area contributed by atoms with E-state index in [4.69, 9.17) is 34.8 Å². The lowest BCUT2D eigenvalue weighted by atomic mass is 10.0. The SMILES string of the molecule is O=C(c1cccc(Br)c1Cl)c1c[nH]c2cc(Cl)cc(Cl)c12. The Labute approximate surface area is 144 Å². The highest BCUT2D eigenvalue weighted by Crippen LogP contribution is 2.33. The number of aromatic amines is 1. The van der Waals surface area contributed by atoms with Crippen LogP contribution in [0.2, 0.25) is 15.1 Å². The zero-order valence-corrected chi connectivity index (χ0v) is 14.2. The summed E-state index contributed by atoms with van der Waals surface area (Å²) in [5.74, 6) is -0.197. The van der Waals surface area contributed by atoms with Crippen LogP contribution in [0.25, 0.3) is 10.9 Å². The van der Waals surface area contributed by atoms with Gasteiger partial charge in [0.15, 0.2) is 5.78 Å². The molecule has 2 aromatic carbocycles. The Bertz CT molecular complexity index is 873. The first-order chi connectivity index (χ1) is 9.99. The Morgan fingerprint density at radius 1 is 1.10 bits per heavy atom. The van der Waals surface area contributed by atoms with Crippen molar-refractivity contribution in [3.8, 4) is 0 Å². The van der Waals surface area contributed by atoms with Crippen molar-refractivity contribution in [2.75, 3.05) is 0 Å². The van der Waals surface area contributed by atoms with Crippen LogP contribution in [0, 0.1) is 0 Å². The van der Waals surface area contributed by atoms with Gasteiger partial charge in [-0.15, -0.1) is 0 Å². The Morgan fingerprint density at radius 3 is 2.62 bits per heavy atom. The Kier molecular flexibility index (Phi) is 4.02. The van der Waals surface area contributed by atoms with Gasteiger partial charge in [-0.1, -0.05) is 40.9 Å². The van der Waals surface area contributed by atoms with Crippen LogP contribution in [0.1, 0.15) is 15.9 Å². The van der Waals surface area contributed by atoms with E-state index < -0.39 is 0 Å². The van der Waals surface area contributed by atoms with Gasteiger partial charge >= 0.3 is 0 Å². The van der Waals surface area contributed by atoms with Gasteiger partial charge < -0.3 is 4.98 Å². The lowest BCUT2D eigenvalue weighted by Gasteiger charge is -2.05. The Hall–Kier alpha value is -1.000. The third-order valence-corrected chi connectivity index (χ3v) is 4.95. The Morgan fingerprint density at radius 2 is 1.86 bits per heavy atom. The number of halogens is 4. The third kappa shape index (κ3) is 2.59. The molecule has 6 heteroatoms. The van der Waals surface area contributed by atoms with Gasteiger partial charge in [0.25, 0.3) is 0 Å². The largest absolute Gasteiger partial charge is 0.360 e. The van der Waals surface area contributed by atoms with Gasteiger partial charge in [-0.2, -0.15) is 0 Å². The van der Waals surface area contributed by atoms with Crippen molar-refractivity contribution >= 4 is 67.4 Å². The van der Waals surface area contributed by atoms with E-state index in [1.807, 2.05) is 0 Å². The molecule has 1 aromatic heterocycles. The predicted molar refractivity (Wildman–Crippen MR) is 90.9 cm³/mol. The molecule has 0 bridgehead atoms.